The standard InChI is InChI=1S/C19H17ClFN3O2/c20-13-6-3-7-14(21)17(13)18(25)22-11-12-5-4-10-24(12)19-23-15-8-1-2-9-16(15)26-19/h1-3,6-9,12H,4-5,10-11H2,(H,22,25). The van der Waals surface area contributed by atoms with Gasteiger partial charge in [0.25, 0.3) is 11.9 Å². The Balaban J connectivity index is 1.48. The zero-order valence-corrected chi connectivity index (χ0v) is 14.7. The molecule has 26 heavy (non-hydrogen) atoms. The van der Waals surface area contributed by atoms with Gasteiger partial charge >= 0.3 is 0 Å². The smallest absolute Gasteiger partial charge is 0.298 e. The van der Waals surface area contributed by atoms with E-state index in [1.165, 1.54) is 18.2 Å². The zero-order chi connectivity index (χ0) is 18.1. The lowest BCUT2D eigenvalue weighted by Crippen LogP contribution is -2.40. The number of nitrogens with one attached hydrogen (secondary N) is 1. The van der Waals surface area contributed by atoms with Crippen LogP contribution in [0.2, 0.25) is 5.02 Å². The monoisotopic (exact) mass is 373 g/mol. The second-order valence-electron chi connectivity index (χ2n) is 6.26. The fraction of sp³-hybridized carbons (Fsp3) is 0.263. The van der Waals surface area contributed by atoms with Crippen molar-refractivity contribution in [1.29, 1.82) is 0 Å². The molecular weight excluding hydrogens is 357 g/mol. The molecular formula is C19H17ClFN3O2. The van der Waals surface area contributed by atoms with E-state index in [4.69, 9.17) is 16.0 Å². The van der Waals surface area contributed by atoms with E-state index in [0.29, 0.717) is 12.6 Å². The largest absolute Gasteiger partial charge is 0.423 e. The highest BCUT2D eigenvalue weighted by Crippen LogP contribution is 2.28. The molecule has 1 aliphatic heterocycles. The molecule has 0 saturated carbocycles. The average Bonchev–Trinajstić information content (AvgIpc) is 3.26. The van der Waals surface area contributed by atoms with Crippen molar-refractivity contribution in [3.05, 3.63) is 58.9 Å². The summed E-state index contributed by atoms with van der Waals surface area (Å²) in [5, 5.41) is 2.88. The van der Waals surface area contributed by atoms with E-state index >= 15 is 0 Å². The molecule has 1 fully saturated rings. The van der Waals surface area contributed by atoms with E-state index in [9.17, 15) is 9.18 Å². The van der Waals surface area contributed by atoms with Crippen LogP contribution in [0, 0.1) is 5.82 Å². The van der Waals surface area contributed by atoms with E-state index in [1.807, 2.05) is 29.2 Å². The van der Waals surface area contributed by atoms with Crippen molar-refractivity contribution >= 4 is 34.6 Å². The minimum Gasteiger partial charge on any atom is -0.423 e. The summed E-state index contributed by atoms with van der Waals surface area (Å²) in [7, 11) is 0. The molecule has 0 bridgehead atoms. The minimum atomic E-state index is -0.628. The number of carbonyl (C=O) groups excluding carboxylic acids is 1. The fourth-order valence-corrected chi connectivity index (χ4v) is 3.55. The van der Waals surface area contributed by atoms with Crippen LogP contribution in [0.25, 0.3) is 11.1 Å². The lowest BCUT2D eigenvalue weighted by Gasteiger charge is -2.23. The first-order valence-electron chi connectivity index (χ1n) is 8.48. The van der Waals surface area contributed by atoms with Gasteiger partial charge in [0.05, 0.1) is 16.6 Å². The number of carbonyl (C=O) groups is 1. The first kappa shape index (κ1) is 16.8. The third-order valence-electron chi connectivity index (χ3n) is 4.59. The molecule has 1 aliphatic rings. The molecule has 0 radical (unpaired) electrons. The third kappa shape index (κ3) is 3.12. The van der Waals surface area contributed by atoms with E-state index in [2.05, 4.69) is 10.3 Å². The first-order valence-corrected chi connectivity index (χ1v) is 8.85. The summed E-state index contributed by atoms with van der Waals surface area (Å²) < 4.78 is 19.7. The van der Waals surface area contributed by atoms with Gasteiger partial charge in [-0.25, -0.2) is 4.39 Å². The summed E-state index contributed by atoms with van der Waals surface area (Å²) in [6.07, 6.45) is 1.86. The molecule has 1 saturated heterocycles. The molecule has 7 heteroatoms. The maximum absolute atomic E-state index is 13.9. The number of amides is 1. The number of para-hydroxylation sites is 2. The van der Waals surface area contributed by atoms with Gasteiger partial charge < -0.3 is 14.6 Å². The molecule has 1 aromatic heterocycles. The zero-order valence-electron chi connectivity index (χ0n) is 13.9. The predicted octanol–water partition coefficient (Wildman–Crippen LogP) is 4.02. The summed E-state index contributed by atoms with van der Waals surface area (Å²) in [5.74, 6) is -1.14. The van der Waals surface area contributed by atoms with Crippen molar-refractivity contribution < 1.29 is 13.6 Å². The van der Waals surface area contributed by atoms with Crippen molar-refractivity contribution in [3.8, 4) is 0 Å². The number of aromatic nitrogens is 1. The summed E-state index contributed by atoms with van der Waals surface area (Å²) in [5.41, 5.74) is 1.41. The highest BCUT2D eigenvalue weighted by Gasteiger charge is 2.29. The number of oxazole rings is 1. The number of hydrogen-bond acceptors (Lipinski definition) is 4. The second-order valence-corrected chi connectivity index (χ2v) is 6.67. The number of benzene rings is 2. The molecule has 2 aromatic carbocycles. The van der Waals surface area contributed by atoms with E-state index in [0.717, 1.165) is 30.5 Å². The Morgan fingerprint density at radius 3 is 2.96 bits per heavy atom. The van der Waals surface area contributed by atoms with Crippen molar-refractivity contribution in [2.45, 2.75) is 18.9 Å². The van der Waals surface area contributed by atoms with E-state index in [1.54, 1.807) is 0 Å². The Labute approximate surface area is 154 Å². The van der Waals surface area contributed by atoms with Crippen molar-refractivity contribution in [1.82, 2.24) is 10.3 Å². The summed E-state index contributed by atoms with van der Waals surface area (Å²) in [6, 6.07) is 12.4. The molecule has 1 amide bonds. The normalized spacial score (nSPS) is 17.0. The van der Waals surface area contributed by atoms with Gasteiger partial charge in [-0.05, 0) is 37.1 Å². The van der Waals surface area contributed by atoms with Gasteiger partial charge in [-0.3, -0.25) is 4.79 Å². The van der Waals surface area contributed by atoms with Crippen molar-refractivity contribution in [2.75, 3.05) is 18.0 Å². The Kier molecular flexibility index (Phi) is 4.51. The Morgan fingerprint density at radius 1 is 1.31 bits per heavy atom. The van der Waals surface area contributed by atoms with E-state index < -0.39 is 11.7 Å². The molecule has 134 valence electrons. The van der Waals surface area contributed by atoms with Crippen LogP contribution in [0.15, 0.2) is 46.9 Å². The molecule has 2 heterocycles. The van der Waals surface area contributed by atoms with Crippen LogP contribution >= 0.6 is 11.6 Å². The Hall–Kier alpha value is -2.60. The predicted molar refractivity (Wildman–Crippen MR) is 98.1 cm³/mol. The molecule has 4 rings (SSSR count). The van der Waals surface area contributed by atoms with Crippen LogP contribution in [0.4, 0.5) is 10.4 Å². The van der Waals surface area contributed by atoms with Gasteiger partial charge in [-0.2, -0.15) is 4.98 Å². The summed E-state index contributed by atoms with van der Waals surface area (Å²) >= 11 is 5.95. The summed E-state index contributed by atoms with van der Waals surface area (Å²) in [6.45, 7) is 1.16. The second kappa shape index (κ2) is 6.96. The fourth-order valence-electron chi connectivity index (χ4n) is 3.30. The van der Waals surface area contributed by atoms with Crippen LogP contribution in [0.3, 0.4) is 0 Å². The van der Waals surface area contributed by atoms with Crippen LogP contribution in [-0.2, 0) is 0 Å². The topological polar surface area (TPSA) is 58.4 Å². The highest BCUT2D eigenvalue weighted by molar-refractivity contribution is 6.33. The lowest BCUT2D eigenvalue weighted by atomic mass is 10.1. The molecule has 1 N–H and O–H groups in total. The van der Waals surface area contributed by atoms with Crippen molar-refractivity contribution in [2.24, 2.45) is 0 Å². The quantitative estimate of drug-likeness (QED) is 0.750. The van der Waals surface area contributed by atoms with Crippen LogP contribution in [-0.4, -0.2) is 30.0 Å². The van der Waals surface area contributed by atoms with Crippen LogP contribution < -0.4 is 10.2 Å². The van der Waals surface area contributed by atoms with Crippen molar-refractivity contribution in [3.63, 3.8) is 0 Å². The third-order valence-corrected chi connectivity index (χ3v) is 4.91. The lowest BCUT2D eigenvalue weighted by molar-refractivity contribution is 0.0947. The molecule has 0 aliphatic carbocycles. The van der Waals surface area contributed by atoms with Gasteiger partial charge in [0.2, 0.25) is 0 Å². The van der Waals surface area contributed by atoms with Crippen LogP contribution in [0.1, 0.15) is 23.2 Å². The SMILES string of the molecule is O=C(NCC1CCCN1c1nc2ccccc2o1)c1c(F)cccc1Cl. The number of rotatable bonds is 4. The molecule has 1 unspecified atom stereocenters. The average molecular weight is 374 g/mol. The van der Waals surface area contributed by atoms with Gasteiger partial charge in [-0.15, -0.1) is 0 Å². The highest BCUT2D eigenvalue weighted by atomic mass is 35.5. The van der Waals surface area contributed by atoms with Gasteiger partial charge in [0.15, 0.2) is 5.58 Å². The molecule has 0 spiro atoms. The number of nitrogens with zero attached hydrogens (tertiary/aromatic N) is 2. The van der Waals surface area contributed by atoms with Gasteiger partial charge in [0, 0.05) is 13.1 Å². The molecule has 5 nitrogen and oxygen atoms in total. The Morgan fingerprint density at radius 2 is 2.15 bits per heavy atom. The number of anilines is 1. The van der Waals surface area contributed by atoms with Crippen LogP contribution in [0.5, 0.6) is 0 Å². The van der Waals surface area contributed by atoms with Gasteiger partial charge in [-0.1, -0.05) is 29.8 Å². The molecule has 3 aromatic rings. The van der Waals surface area contributed by atoms with Gasteiger partial charge in [0.1, 0.15) is 11.3 Å². The minimum absolute atomic E-state index is 0.0394. The maximum Gasteiger partial charge on any atom is 0.298 e. The first-order chi connectivity index (χ1) is 12.6. The number of hydrogen-bond donors (Lipinski definition) is 1. The maximum atomic E-state index is 13.9. The Bertz CT molecular complexity index is 906. The number of fused-ring (bicyclic) bond motifs is 1. The summed E-state index contributed by atoms with van der Waals surface area (Å²) in [4.78, 5) is 18.9. The molecule has 1 atom stereocenters. The van der Waals surface area contributed by atoms with E-state index in [-0.39, 0.29) is 16.6 Å². The number of halogens is 2.